The van der Waals surface area contributed by atoms with Crippen LogP contribution in [0.1, 0.15) is 26.8 Å². The molecule has 0 amide bonds. The molecule has 172 valence electrons. The Kier molecular flexibility index (Phi) is 6.42. The first-order chi connectivity index (χ1) is 15.8. The molecule has 9 heteroatoms. The van der Waals surface area contributed by atoms with Gasteiger partial charge >= 0.3 is 0 Å². The van der Waals surface area contributed by atoms with Crippen LogP contribution in [0.4, 0.5) is 14.5 Å². The third kappa shape index (κ3) is 4.45. The van der Waals surface area contributed by atoms with Crippen LogP contribution in [0.3, 0.4) is 0 Å². The Bertz CT molecular complexity index is 1380. The Morgan fingerprint density at radius 2 is 1.88 bits per heavy atom. The molecule has 1 N–H and O–H groups in total. The number of ether oxygens (including phenoxy) is 1. The summed E-state index contributed by atoms with van der Waals surface area (Å²) < 4.78 is 40.2. The number of halogens is 2. The van der Waals surface area contributed by atoms with Crippen molar-refractivity contribution >= 4 is 28.5 Å². The summed E-state index contributed by atoms with van der Waals surface area (Å²) in [6.45, 7) is 5.99. The molecule has 0 unspecified atom stereocenters. The highest BCUT2D eigenvalue weighted by atomic mass is 32.2. The predicted octanol–water partition coefficient (Wildman–Crippen LogP) is 6.13. The van der Waals surface area contributed by atoms with Gasteiger partial charge in [-0.15, -0.1) is 0 Å². The molecule has 0 atom stereocenters. The lowest BCUT2D eigenvalue weighted by Crippen LogP contribution is -2.17. The van der Waals surface area contributed by atoms with E-state index in [9.17, 15) is 13.6 Å². The number of benzene rings is 2. The average molecular weight is 471 g/mol. The van der Waals surface area contributed by atoms with Crippen LogP contribution in [0.2, 0.25) is 0 Å². The van der Waals surface area contributed by atoms with Gasteiger partial charge in [-0.3, -0.25) is 9.48 Å². The van der Waals surface area contributed by atoms with Crippen molar-refractivity contribution in [3.8, 4) is 22.6 Å². The minimum atomic E-state index is -0.803. The Hall–Kier alpha value is -3.33. The van der Waals surface area contributed by atoms with Gasteiger partial charge in [-0.2, -0.15) is 5.10 Å². The van der Waals surface area contributed by atoms with Crippen LogP contribution in [0.25, 0.3) is 22.0 Å². The SMILES string of the molecule is CCSNc1ccc(Oc2ccc(F)cc2F)c(-c2cn(C)c(=O)c3cnn(C(C)C)c23)c1. The third-order valence-corrected chi connectivity index (χ3v) is 5.80. The summed E-state index contributed by atoms with van der Waals surface area (Å²) >= 11 is 1.53. The Morgan fingerprint density at radius 3 is 2.58 bits per heavy atom. The molecule has 6 nitrogen and oxygen atoms in total. The summed E-state index contributed by atoms with van der Waals surface area (Å²) in [5.74, 6) is -0.360. The van der Waals surface area contributed by atoms with E-state index < -0.39 is 11.6 Å². The van der Waals surface area contributed by atoms with Crippen molar-refractivity contribution in [1.82, 2.24) is 14.3 Å². The van der Waals surface area contributed by atoms with Gasteiger partial charge < -0.3 is 14.0 Å². The molecule has 0 aliphatic rings. The topological polar surface area (TPSA) is 61.1 Å². The van der Waals surface area contributed by atoms with Gasteiger partial charge in [0.15, 0.2) is 11.6 Å². The highest BCUT2D eigenvalue weighted by molar-refractivity contribution is 8.00. The number of aryl methyl sites for hydroxylation is 1. The number of fused-ring (bicyclic) bond motifs is 1. The van der Waals surface area contributed by atoms with Crippen molar-refractivity contribution in [1.29, 1.82) is 0 Å². The van der Waals surface area contributed by atoms with E-state index in [1.807, 2.05) is 32.9 Å². The second-order valence-electron chi connectivity index (χ2n) is 7.83. The van der Waals surface area contributed by atoms with Gasteiger partial charge in [0, 0.05) is 47.9 Å². The van der Waals surface area contributed by atoms with Crippen LogP contribution >= 0.6 is 11.9 Å². The quantitative estimate of drug-likeness (QED) is 0.329. The number of nitrogens with one attached hydrogen (secondary N) is 1. The Labute approximate surface area is 194 Å². The second kappa shape index (κ2) is 9.27. The molecule has 0 spiro atoms. The maximum atomic E-state index is 14.4. The zero-order chi connectivity index (χ0) is 23.7. The molecule has 0 aliphatic carbocycles. The lowest BCUT2D eigenvalue weighted by molar-refractivity contribution is 0.439. The molecule has 0 radical (unpaired) electrons. The van der Waals surface area contributed by atoms with Crippen molar-refractivity contribution in [2.24, 2.45) is 7.05 Å². The maximum Gasteiger partial charge on any atom is 0.261 e. The minimum absolute atomic E-state index is 0.00391. The zero-order valence-electron chi connectivity index (χ0n) is 18.7. The fourth-order valence-electron chi connectivity index (χ4n) is 3.60. The van der Waals surface area contributed by atoms with E-state index in [0.717, 1.165) is 23.6 Å². The van der Waals surface area contributed by atoms with E-state index in [-0.39, 0.29) is 17.4 Å². The lowest BCUT2D eigenvalue weighted by Gasteiger charge is -2.17. The fourth-order valence-corrected chi connectivity index (χ4v) is 4.04. The normalized spacial score (nSPS) is 11.4. The van der Waals surface area contributed by atoms with E-state index in [1.54, 1.807) is 30.2 Å². The van der Waals surface area contributed by atoms with E-state index in [0.29, 0.717) is 27.8 Å². The summed E-state index contributed by atoms with van der Waals surface area (Å²) in [5.41, 5.74) is 2.67. The van der Waals surface area contributed by atoms with Crippen molar-refractivity contribution in [3.05, 3.63) is 70.8 Å². The standard InChI is InChI=1S/C24H24F2N4O2S/c1-5-33-28-16-7-9-21(32-22-8-6-15(25)10-20(22)26)17(11-16)19-13-29(4)24(31)18-12-27-30(14(2)3)23(18)19/h6-14,28H,5H2,1-4H3. The van der Waals surface area contributed by atoms with Gasteiger partial charge in [-0.05, 0) is 44.2 Å². The first kappa shape index (κ1) is 22.8. The molecular weight excluding hydrogens is 446 g/mol. The van der Waals surface area contributed by atoms with E-state index in [2.05, 4.69) is 9.82 Å². The van der Waals surface area contributed by atoms with E-state index in [1.165, 1.54) is 22.6 Å². The summed E-state index contributed by atoms with van der Waals surface area (Å²) in [4.78, 5) is 12.8. The number of aromatic nitrogens is 3. The molecular formula is C24H24F2N4O2S. The van der Waals surface area contributed by atoms with Crippen LogP contribution in [0.5, 0.6) is 11.5 Å². The molecule has 4 aromatic rings. The summed E-state index contributed by atoms with van der Waals surface area (Å²) in [6.07, 6.45) is 3.29. The van der Waals surface area contributed by atoms with Crippen molar-refractivity contribution in [2.45, 2.75) is 26.8 Å². The van der Waals surface area contributed by atoms with E-state index >= 15 is 0 Å². The third-order valence-electron chi connectivity index (χ3n) is 5.13. The molecule has 2 aromatic heterocycles. The monoisotopic (exact) mass is 470 g/mol. The molecule has 0 bridgehead atoms. The predicted molar refractivity (Wildman–Crippen MR) is 129 cm³/mol. The van der Waals surface area contributed by atoms with Crippen molar-refractivity contribution < 1.29 is 13.5 Å². The smallest absolute Gasteiger partial charge is 0.261 e. The second-order valence-corrected chi connectivity index (χ2v) is 8.90. The van der Waals surface area contributed by atoms with Gasteiger partial charge in [0.25, 0.3) is 5.56 Å². The van der Waals surface area contributed by atoms with Crippen LogP contribution in [0.15, 0.2) is 53.6 Å². The molecule has 33 heavy (non-hydrogen) atoms. The number of rotatable bonds is 7. The number of nitrogens with zero attached hydrogens (tertiary/aromatic N) is 3. The van der Waals surface area contributed by atoms with Crippen molar-refractivity contribution in [3.63, 3.8) is 0 Å². The van der Waals surface area contributed by atoms with Crippen LogP contribution in [-0.4, -0.2) is 20.1 Å². The fraction of sp³-hybridized carbons (Fsp3) is 0.250. The number of anilines is 1. The molecule has 0 saturated carbocycles. The van der Waals surface area contributed by atoms with Crippen LogP contribution < -0.4 is 15.0 Å². The molecule has 4 rings (SSSR count). The van der Waals surface area contributed by atoms with Gasteiger partial charge in [-0.1, -0.05) is 18.9 Å². The zero-order valence-corrected chi connectivity index (χ0v) is 19.5. The van der Waals surface area contributed by atoms with Crippen LogP contribution in [0, 0.1) is 11.6 Å². The average Bonchev–Trinajstić information content (AvgIpc) is 3.23. The summed E-state index contributed by atoms with van der Waals surface area (Å²) in [7, 11) is 1.67. The Balaban J connectivity index is 1.97. The first-order valence-corrected chi connectivity index (χ1v) is 11.5. The Morgan fingerprint density at radius 1 is 1.12 bits per heavy atom. The molecule has 0 aliphatic heterocycles. The molecule has 0 saturated heterocycles. The number of hydrogen-bond acceptors (Lipinski definition) is 5. The van der Waals surface area contributed by atoms with Gasteiger partial charge in [0.05, 0.1) is 17.1 Å². The number of pyridine rings is 1. The van der Waals surface area contributed by atoms with Crippen LogP contribution in [-0.2, 0) is 7.05 Å². The van der Waals surface area contributed by atoms with Crippen molar-refractivity contribution in [2.75, 3.05) is 10.5 Å². The maximum absolute atomic E-state index is 14.4. The van der Waals surface area contributed by atoms with Gasteiger partial charge in [-0.25, -0.2) is 8.78 Å². The van der Waals surface area contributed by atoms with Gasteiger partial charge in [0.2, 0.25) is 0 Å². The highest BCUT2D eigenvalue weighted by Crippen LogP contribution is 2.39. The molecule has 2 aromatic carbocycles. The largest absolute Gasteiger partial charge is 0.454 e. The summed E-state index contributed by atoms with van der Waals surface area (Å²) in [5, 5.41) is 4.91. The lowest BCUT2D eigenvalue weighted by atomic mass is 10.0. The minimum Gasteiger partial charge on any atom is -0.454 e. The molecule has 2 heterocycles. The molecule has 0 fully saturated rings. The summed E-state index contributed by atoms with van der Waals surface area (Å²) in [6, 6.07) is 8.61. The highest BCUT2D eigenvalue weighted by Gasteiger charge is 2.20. The van der Waals surface area contributed by atoms with Gasteiger partial charge in [0.1, 0.15) is 11.6 Å². The first-order valence-electron chi connectivity index (χ1n) is 10.5. The number of hydrogen-bond donors (Lipinski definition) is 1. The van der Waals surface area contributed by atoms with E-state index in [4.69, 9.17) is 4.74 Å².